The summed E-state index contributed by atoms with van der Waals surface area (Å²) in [5.41, 5.74) is 0.852. The number of benzene rings is 2. The van der Waals surface area contributed by atoms with Crippen LogP contribution in [0.15, 0.2) is 54.6 Å². The van der Waals surface area contributed by atoms with Gasteiger partial charge in [0.2, 0.25) is 5.91 Å². The smallest absolute Gasteiger partial charge is 0.335 e. The van der Waals surface area contributed by atoms with Gasteiger partial charge in [-0.1, -0.05) is 12.1 Å². The average Bonchev–Trinajstić information content (AvgIpc) is 3.45. The summed E-state index contributed by atoms with van der Waals surface area (Å²) < 4.78 is 37.6. The molecule has 1 saturated carbocycles. The predicted molar refractivity (Wildman–Crippen MR) is 101 cm³/mol. The van der Waals surface area contributed by atoms with Gasteiger partial charge in [0.15, 0.2) is 0 Å². The molecule has 0 saturated heterocycles. The Bertz CT molecular complexity index is 871. The fourth-order valence-corrected chi connectivity index (χ4v) is 2.36. The Morgan fingerprint density at radius 1 is 0.893 bits per heavy atom. The summed E-state index contributed by atoms with van der Waals surface area (Å²) in [7, 11) is 0. The average molecular weight is 389 g/mol. The third kappa shape index (κ3) is 5.87. The highest BCUT2D eigenvalue weighted by atomic mass is 19.4. The SMILES string of the molecule is O=C(/C=C/c1ccc(C(F)(F)F)cc1)Nc1ccc(NC(=O)NC2CC2)cc1. The van der Waals surface area contributed by atoms with Gasteiger partial charge in [0, 0.05) is 23.5 Å². The van der Waals surface area contributed by atoms with Gasteiger partial charge in [-0.15, -0.1) is 0 Å². The monoisotopic (exact) mass is 389 g/mol. The van der Waals surface area contributed by atoms with Gasteiger partial charge in [0.1, 0.15) is 0 Å². The Balaban J connectivity index is 1.51. The third-order valence-corrected chi connectivity index (χ3v) is 3.99. The van der Waals surface area contributed by atoms with Crippen molar-refractivity contribution in [3.63, 3.8) is 0 Å². The Hall–Kier alpha value is -3.29. The second-order valence-corrected chi connectivity index (χ2v) is 6.39. The zero-order valence-corrected chi connectivity index (χ0v) is 14.7. The molecule has 146 valence electrons. The van der Waals surface area contributed by atoms with Crippen LogP contribution in [0.4, 0.5) is 29.3 Å². The molecule has 8 heteroatoms. The molecule has 0 bridgehead atoms. The molecule has 0 heterocycles. The lowest BCUT2D eigenvalue weighted by Gasteiger charge is -2.08. The van der Waals surface area contributed by atoms with E-state index in [2.05, 4.69) is 16.0 Å². The standard InChI is InChI=1S/C20H18F3N3O2/c21-20(22,23)14-4-1-13(2-5-14)3-12-18(27)24-15-6-8-16(9-7-15)25-19(28)26-17-10-11-17/h1-9,12,17H,10-11H2,(H,24,27)(H2,25,26,28)/b12-3+. The van der Waals surface area contributed by atoms with E-state index in [9.17, 15) is 22.8 Å². The lowest BCUT2D eigenvalue weighted by molar-refractivity contribution is -0.137. The van der Waals surface area contributed by atoms with E-state index < -0.39 is 17.6 Å². The van der Waals surface area contributed by atoms with Crippen molar-refractivity contribution >= 4 is 29.4 Å². The number of nitrogens with one attached hydrogen (secondary N) is 3. The molecule has 0 radical (unpaired) electrons. The molecule has 0 aliphatic heterocycles. The minimum absolute atomic E-state index is 0.259. The Kier molecular flexibility index (Phi) is 5.67. The highest BCUT2D eigenvalue weighted by Crippen LogP contribution is 2.29. The van der Waals surface area contributed by atoms with Crippen LogP contribution < -0.4 is 16.0 Å². The lowest BCUT2D eigenvalue weighted by Crippen LogP contribution is -2.30. The number of rotatable bonds is 5. The summed E-state index contributed by atoms with van der Waals surface area (Å²) in [5, 5.41) is 8.14. The van der Waals surface area contributed by atoms with Gasteiger partial charge < -0.3 is 16.0 Å². The van der Waals surface area contributed by atoms with E-state index in [-0.39, 0.29) is 12.1 Å². The number of anilines is 2. The zero-order valence-electron chi connectivity index (χ0n) is 14.7. The number of urea groups is 1. The molecule has 3 N–H and O–H groups in total. The molecule has 1 aliphatic rings. The molecule has 0 aromatic heterocycles. The first-order valence-corrected chi connectivity index (χ1v) is 8.63. The molecule has 3 rings (SSSR count). The fraction of sp³-hybridized carbons (Fsp3) is 0.200. The number of hydrogen-bond acceptors (Lipinski definition) is 2. The number of carbonyl (C=O) groups excluding carboxylic acids is 2. The molecule has 3 amide bonds. The van der Waals surface area contributed by atoms with Crippen molar-refractivity contribution in [2.75, 3.05) is 10.6 Å². The molecule has 0 unspecified atom stereocenters. The number of alkyl halides is 3. The Labute approximate surface area is 159 Å². The largest absolute Gasteiger partial charge is 0.416 e. The van der Waals surface area contributed by atoms with Crippen LogP contribution in [0.5, 0.6) is 0 Å². The van der Waals surface area contributed by atoms with Crippen molar-refractivity contribution in [1.29, 1.82) is 0 Å². The summed E-state index contributed by atoms with van der Waals surface area (Å²) in [6, 6.07) is 11.1. The molecule has 2 aromatic carbocycles. The number of hydrogen-bond donors (Lipinski definition) is 3. The van der Waals surface area contributed by atoms with Crippen LogP contribution in [0.3, 0.4) is 0 Å². The topological polar surface area (TPSA) is 70.2 Å². The van der Waals surface area contributed by atoms with Gasteiger partial charge in [-0.2, -0.15) is 13.2 Å². The van der Waals surface area contributed by atoms with Crippen LogP contribution >= 0.6 is 0 Å². The molecule has 2 aromatic rings. The van der Waals surface area contributed by atoms with Crippen LogP contribution in [0.25, 0.3) is 6.08 Å². The van der Waals surface area contributed by atoms with E-state index >= 15 is 0 Å². The molecule has 1 fully saturated rings. The van der Waals surface area contributed by atoms with E-state index in [1.54, 1.807) is 24.3 Å². The van der Waals surface area contributed by atoms with Gasteiger partial charge in [-0.05, 0) is 60.9 Å². The molecule has 1 aliphatic carbocycles. The van der Waals surface area contributed by atoms with Crippen LogP contribution in [0.2, 0.25) is 0 Å². The Morgan fingerprint density at radius 2 is 1.46 bits per heavy atom. The van der Waals surface area contributed by atoms with Gasteiger partial charge in [-0.25, -0.2) is 4.79 Å². The van der Waals surface area contributed by atoms with Crippen molar-refractivity contribution in [3.8, 4) is 0 Å². The predicted octanol–water partition coefficient (Wildman–Crippen LogP) is 4.64. The van der Waals surface area contributed by atoms with Crippen LogP contribution in [0, 0.1) is 0 Å². The maximum absolute atomic E-state index is 12.5. The van der Waals surface area contributed by atoms with Crippen LogP contribution in [-0.4, -0.2) is 18.0 Å². The summed E-state index contributed by atoms with van der Waals surface area (Å²) in [5.74, 6) is -0.424. The van der Waals surface area contributed by atoms with E-state index in [4.69, 9.17) is 0 Å². The second kappa shape index (κ2) is 8.16. The van der Waals surface area contributed by atoms with Gasteiger partial charge in [0.25, 0.3) is 0 Å². The number of carbonyl (C=O) groups is 2. The molecule has 0 atom stereocenters. The van der Waals surface area contributed by atoms with Gasteiger partial charge >= 0.3 is 12.2 Å². The zero-order chi connectivity index (χ0) is 20.1. The Morgan fingerprint density at radius 3 is 2.00 bits per heavy atom. The van der Waals surface area contributed by atoms with Crippen molar-refractivity contribution in [1.82, 2.24) is 5.32 Å². The summed E-state index contributed by atoms with van der Waals surface area (Å²) in [6.07, 6.45) is 0.265. The maximum atomic E-state index is 12.5. The molecular formula is C20H18F3N3O2. The lowest BCUT2D eigenvalue weighted by atomic mass is 10.1. The van der Waals surface area contributed by atoms with Crippen molar-refractivity contribution in [2.45, 2.75) is 25.1 Å². The van der Waals surface area contributed by atoms with E-state index in [0.717, 1.165) is 25.0 Å². The second-order valence-electron chi connectivity index (χ2n) is 6.39. The number of halogens is 3. The van der Waals surface area contributed by atoms with Crippen molar-refractivity contribution in [3.05, 3.63) is 65.7 Å². The molecule has 5 nitrogen and oxygen atoms in total. The highest BCUT2D eigenvalue weighted by Gasteiger charge is 2.29. The van der Waals surface area contributed by atoms with Crippen molar-refractivity contribution < 1.29 is 22.8 Å². The molecular weight excluding hydrogens is 371 g/mol. The fourth-order valence-electron chi connectivity index (χ4n) is 2.36. The van der Waals surface area contributed by atoms with E-state index in [0.29, 0.717) is 16.9 Å². The first-order chi connectivity index (χ1) is 13.3. The van der Waals surface area contributed by atoms with E-state index in [1.165, 1.54) is 24.3 Å². The minimum atomic E-state index is -4.39. The van der Waals surface area contributed by atoms with Crippen LogP contribution in [0.1, 0.15) is 24.0 Å². The summed E-state index contributed by atoms with van der Waals surface area (Å²) in [6.45, 7) is 0. The third-order valence-electron chi connectivity index (χ3n) is 3.99. The highest BCUT2D eigenvalue weighted by molar-refractivity contribution is 6.02. The van der Waals surface area contributed by atoms with Gasteiger partial charge in [-0.3, -0.25) is 4.79 Å². The first-order valence-electron chi connectivity index (χ1n) is 8.63. The van der Waals surface area contributed by atoms with E-state index in [1.807, 2.05) is 0 Å². The quantitative estimate of drug-likeness (QED) is 0.652. The summed E-state index contributed by atoms with van der Waals surface area (Å²) >= 11 is 0. The van der Waals surface area contributed by atoms with Crippen molar-refractivity contribution in [2.24, 2.45) is 0 Å². The van der Waals surface area contributed by atoms with Crippen LogP contribution in [-0.2, 0) is 11.0 Å². The minimum Gasteiger partial charge on any atom is -0.335 e. The molecule has 28 heavy (non-hydrogen) atoms. The molecule has 0 spiro atoms. The number of amides is 3. The maximum Gasteiger partial charge on any atom is 0.416 e. The first kappa shape index (κ1) is 19.5. The normalized spacial score (nSPS) is 14.0. The summed E-state index contributed by atoms with van der Waals surface area (Å²) in [4.78, 5) is 23.6. The van der Waals surface area contributed by atoms with Gasteiger partial charge in [0.05, 0.1) is 5.56 Å².